The van der Waals surface area contributed by atoms with Crippen LogP contribution in [0.3, 0.4) is 0 Å². The van der Waals surface area contributed by atoms with Crippen molar-refractivity contribution in [3.05, 3.63) is 59.7 Å². The highest BCUT2D eigenvalue weighted by Crippen LogP contribution is 2.30. The second-order valence-electron chi connectivity index (χ2n) is 4.85. The van der Waals surface area contributed by atoms with Gasteiger partial charge in [-0.25, -0.2) is 8.42 Å². The lowest BCUT2D eigenvalue weighted by atomic mass is 10.1. The fourth-order valence-corrected chi connectivity index (χ4v) is 2.73. The topological polar surface area (TPSA) is 84.5 Å². The lowest BCUT2D eigenvalue weighted by Gasteiger charge is -2.10. The zero-order valence-corrected chi connectivity index (χ0v) is 13.6. The normalized spacial score (nSPS) is 12.0. The van der Waals surface area contributed by atoms with E-state index in [2.05, 4.69) is 10.2 Å². The number of hydrogen-bond donors (Lipinski definition) is 2. The first-order valence-electron chi connectivity index (χ1n) is 6.77. The first-order chi connectivity index (χ1) is 11.6. The minimum absolute atomic E-state index is 0.0300. The van der Waals surface area contributed by atoms with E-state index < -0.39 is 27.7 Å². The zero-order chi connectivity index (χ0) is 18.7. The van der Waals surface area contributed by atoms with E-state index in [1.54, 1.807) is 0 Å². The van der Waals surface area contributed by atoms with E-state index >= 15 is 0 Å². The number of hydrogen-bond acceptors (Lipinski definition) is 4. The summed E-state index contributed by atoms with van der Waals surface area (Å²) in [5.41, 5.74) is -0.844. The Kier molecular flexibility index (Phi) is 5.45. The molecule has 0 aliphatic carbocycles. The number of nitrogens with one attached hydrogen (secondary N) is 2. The van der Waals surface area contributed by atoms with E-state index in [0.717, 1.165) is 19.2 Å². The highest BCUT2D eigenvalue weighted by molar-refractivity contribution is 7.89. The van der Waals surface area contributed by atoms with Crippen molar-refractivity contribution in [2.24, 2.45) is 0 Å². The number of benzene rings is 2. The third-order valence-electron chi connectivity index (χ3n) is 3.07. The Morgan fingerprint density at radius 2 is 1.72 bits per heavy atom. The van der Waals surface area contributed by atoms with Gasteiger partial charge in [-0.3, -0.25) is 9.63 Å². The van der Waals surface area contributed by atoms with Crippen molar-refractivity contribution in [1.82, 2.24) is 4.89 Å². The molecule has 0 bridgehead atoms. The maximum Gasteiger partial charge on any atom is 0.416 e. The van der Waals surface area contributed by atoms with Gasteiger partial charge in [0.25, 0.3) is 15.9 Å². The van der Waals surface area contributed by atoms with Gasteiger partial charge >= 0.3 is 6.18 Å². The average Bonchev–Trinajstić information content (AvgIpc) is 2.54. The highest BCUT2D eigenvalue weighted by Gasteiger charge is 2.30. The summed E-state index contributed by atoms with van der Waals surface area (Å²) < 4.78 is 61.4. The molecule has 10 heteroatoms. The first-order valence-corrected chi connectivity index (χ1v) is 8.25. The van der Waals surface area contributed by atoms with Crippen molar-refractivity contribution in [2.45, 2.75) is 11.1 Å². The van der Waals surface area contributed by atoms with Gasteiger partial charge in [-0.2, -0.15) is 13.2 Å². The van der Waals surface area contributed by atoms with Crippen LogP contribution >= 0.6 is 0 Å². The van der Waals surface area contributed by atoms with Crippen LogP contribution in [-0.2, 0) is 21.0 Å². The van der Waals surface area contributed by atoms with Gasteiger partial charge in [0.15, 0.2) is 0 Å². The molecule has 0 atom stereocenters. The molecule has 1 amide bonds. The number of amides is 1. The van der Waals surface area contributed by atoms with Crippen LogP contribution in [0.25, 0.3) is 0 Å². The Hall–Kier alpha value is -2.43. The number of halogens is 3. The van der Waals surface area contributed by atoms with Crippen LogP contribution in [0.1, 0.15) is 15.9 Å². The summed E-state index contributed by atoms with van der Waals surface area (Å²) in [6, 6.07) is 8.97. The predicted molar refractivity (Wildman–Crippen MR) is 83.2 cm³/mol. The maximum absolute atomic E-state index is 12.7. The van der Waals surface area contributed by atoms with Crippen LogP contribution in [0.2, 0.25) is 0 Å². The highest BCUT2D eigenvalue weighted by atomic mass is 32.2. The van der Waals surface area contributed by atoms with Gasteiger partial charge < -0.3 is 5.32 Å². The number of sulfonamides is 1. The standard InChI is InChI=1S/C15H13F3N2O4S/c1-24-20-25(22,23)13-7-5-10(6-8-13)14(21)19-12-4-2-3-11(9-12)15(16,17)18/h2-9,20H,1H3,(H,19,21). The molecule has 0 saturated carbocycles. The van der Waals surface area contributed by atoms with Crippen molar-refractivity contribution in [1.29, 1.82) is 0 Å². The molecule has 0 radical (unpaired) electrons. The van der Waals surface area contributed by atoms with Gasteiger partial charge in [0, 0.05) is 11.3 Å². The van der Waals surface area contributed by atoms with E-state index in [0.29, 0.717) is 0 Å². The average molecular weight is 374 g/mol. The monoisotopic (exact) mass is 374 g/mol. The predicted octanol–water partition coefficient (Wildman–Crippen LogP) is 2.80. The van der Waals surface area contributed by atoms with Crippen LogP contribution in [0.5, 0.6) is 0 Å². The Bertz CT molecular complexity index is 865. The minimum atomic E-state index is -4.52. The SMILES string of the molecule is CONS(=O)(=O)c1ccc(C(=O)Nc2cccc(C(F)(F)F)c2)cc1. The molecule has 0 heterocycles. The zero-order valence-electron chi connectivity index (χ0n) is 12.8. The van der Waals surface area contributed by atoms with E-state index in [4.69, 9.17) is 0 Å². The Balaban J connectivity index is 2.17. The van der Waals surface area contributed by atoms with Gasteiger partial charge in [0.2, 0.25) is 0 Å². The van der Waals surface area contributed by atoms with Crippen LogP contribution < -0.4 is 10.2 Å². The lowest BCUT2D eigenvalue weighted by Crippen LogP contribution is -2.22. The summed E-state index contributed by atoms with van der Waals surface area (Å²) in [6.07, 6.45) is -4.52. The van der Waals surface area contributed by atoms with E-state index in [1.165, 1.54) is 36.4 Å². The summed E-state index contributed by atoms with van der Waals surface area (Å²) >= 11 is 0. The molecule has 0 saturated heterocycles. The van der Waals surface area contributed by atoms with Crippen LogP contribution in [-0.4, -0.2) is 21.4 Å². The number of alkyl halides is 3. The molecule has 0 fully saturated rings. The van der Waals surface area contributed by atoms with Gasteiger partial charge in [-0.1, -0.05) is 11.0 Å². The molecule has 0 spiro atoms. The molecule has 2 N–H and O–H groups in total. The van der Waals surface area contributed by atoms with Crippen molar-refractivity contribution in [3.63, 3.8) is 0 Å². The molecule has 0 unspecified atom stereocenters. The smallest absolute Gasteiger partial charge is 0.322 e. The molecular formula is C15H13F3N2O4S. The van der Waals surface area contributed by atoms with Crippen LogP contribution in [0.15, 0.2) is 53.4 Å². The van der Waals surface area contributed by atoms with E-state index in [1.807, 2.05) is 4.89 Å². The number of carbonyl (C=O) groups excluding carboxylic acids is 1. The van der Waals surface area contributed by atoms with Crippen LogP contribution in [0.4, 0.5) is 18.9 Å². The third-order valence-corrected chi connectivity index (χ3v) is 4.35. The second-order valence-corrected chi connectivity index (χ2v) is 6.49. The molecule has 2 aromatic rings. The quantitative estimate of drug-likeness (QED) is 0.789. The van der Waals surface area contributed by atoms with Crippen molar-refractivity contribution >= 4 is 21.6 Å². The molecule has 134 valence electrons. The Morgan fingerprint density at radius 1 is 1.08 bits per heavy atom. The van der Waals surface area contributed by atoms with Crippen molar-refractivity contribution in [3.8, 4) is 0 Å². The van der Waals surface area contributed by atoms with Gasteiger partial charge in [0.1, 0.15) is 0 Å². The van der Waals surface area contributed by atoms with Gasteiger partial charge in [0.05, 0.1) is 17.6 Å². The maximum atomic E-state index is 12.7. The largest absolute Gasteiger partial charge is 0.416 e. The van der Waals surface area contributed by atoms with Crippen molar-refractivity contribution < 1.29 is 31.2 Å². The molecule has 0 aliphatic rings. The molecule has 0 aromatic heterocycles. The number of rotatable bonds is 5. The van der Waals surface area contributed by atoms with Gasteiger partial charge in [-0.05, 0) is 42.5 Å². The lowest BCUT2D eigenvalue weighted by molar-refractivity contribution is -0.137. The summed E-state index contributed by atoms with van der Waals surface area (Å²) in [5.74, 6) is -0.678. The molecule has 2 rings (SSSR count). The van der Waals surface area contributed by atoms with E-state index in [9.17, 15) is 26.4 Å². The first kappa shape index (κ1) is 18.9. The third kappa shape index (κ3) is 4.78. The second kappa shape index (κ2) is 7.21. The van der Waals surface area contributed by atoms with E-state index in [-0.39, 0.29) is 16.1 Å². The molecule has 2 aromatic carbocycles. The minimum Gasteiger partial charge on any atom is -0.322 e. The molecule has 6 nitrogen and oxygen atoms in total. The Labute approximate surface area is 141 Å². The van der Waals surface area contributed by atoms with Crippen molar-refractivity contribution in [2.75, 3.05) is 12.4 Å². The molecular weight excluding hydrogens is 361 g/mol. The van der Waals surface area contributed by atoms with Gasteiger partial charge in [-0.15, -0.1) is 0 Å². The Morgan fingerprint density at radius 3 is 2.28 bits per heavy atom. The molecule has 25 heavy (non-hydrogen) atoms. The molecule has 0 aliphatic heterocycles. The fourth-order valence-electron chi connectivity index (χ4n) is 1.92. The van der Waals surface area contributed by atoms with Crippen LogP contribution in [0, 0.1) is 0 Å². The summed E-state index contributed by atoms with van der Waals surface area (Å²) in [7, 11) is -2.73. The number of anilines is 1. The number of carbonyl (C=O) groups is 1. The fraction of sp³-hybridized carbons (Fsp3) is 0.133. The summed E-state index contributed by atoms with van der Waals surface area (Å²) in [6.45, 7) is 0. The summed E-state index contributed by atoms with van der Waals surface area (Å²) in [4.78, 5) is 18.1. The summed E-state index contributed by atoms with van der Waals surface area (Å²) in [5, 5.41) is 2.33.